The van der Waals surface area contributed by atoms with E-state index in [9.17, 15) is 18.0 Å². The third kappa shape index (κ3) is 4.36. The second kappa shape index (κ2) is 7.40. The molecular formula is C18H13Cl2F3N2O2. The number of ether oxygens (including phenoxy) is 1. The molecule has 3 rings (SSSR count). The largest absolute Gasteiger partial charge is 0.497 e. The van der Waals surface area contributed by atoms with Crippen LogP contribution in [0.1, 0.15) is 16.2 Å². The van der Waals surface area contributed by atoms with Gasteiger partial charge in [0.25, 0.3) is 0 Å². The van der Waals surface area contributed by atoms with E-state index >= 15 is 0 Å². The van der Waals surface area contributed by atoms with Crippen molar-refractivity contribution in [2.24, 2.45) is 0 Å². The maximum Gasteiger partial charge on any atom is 0.396 e. The molecule has 142 valence electrons. The van der Waals surface area contributed by atoms with Crippen molar-refractivity contribution >= 4 is 40.0 Å². The second-order valence-corrected chi connectivity index (χ2v) is 6.63. The quantitative estimate of drug-likeness (QED) is 0.527. The van der Waals surface area contributed by atoms with Crippen LogP contribution in [-0.4, -0.2) is 28.6 Å². The van der Waals surface area contributed by atoms with Crippen LogP contribution in [-0.2, 0) is 13.0 Å². The highest BCUT2D eigenvalue weighted by molar-refractivity contribution is 6.42. The SMILES string of the molecule is COc1cccc(C(=O)Cn2c(CC(F)(F)F)nc3cc(Cl)c(Cl)cc32)c1. The first-order chi connectivity index (χ1) is 12.7. The lowest BCUT2D eigenvalue weighted by Crippen LogP contribution is -2.19. The lowest BCUT2D eigenvalue weighted by molar-refractivity contribution is -0.128. The first kappa shape index (κ1) is 19.5. The zero-order valence-electron chi connectivity index (χ0n) is 14.0. The number of imidazole rings is 1. The summed E-state index contributed by atoms with van der Waals surface area (Å²) in [5.74, 6) is -0.198. The van der Waals surface area contributed by atoms with Crippen LogP contribution in [0.15, 0.2) is 36.4 Å². The summed E-state index contributed by atoms with van der Waals surface area (Å²) in [6, 6.07) is 9.17. The number of carbonyl (C=O) groups excluding carboxylic acids is 1. The zero-order chi connectivity index (χ0) is 19.8. The Kier molecular flexibility index (Phi) is 5.35. The van der Waals surface area contributed by atoms with Crippen molar-refractivity contribution in [2.75, 3.05) is 7.11 Å². The molecule has 1 heterocycles. The number of ketones is 1. The number of carbonyl (C=O) groups is 1. The average molecular weight is 417 g/mol. The van der Waals surface area contributed by atoms with E-state index in [1.54, 1.807) is 18.2 Å². The summed E-state index contributed by atoms with van der Waals surface area (Å²) in [5, 5.41) is 0.337. The number of hydrogen-bond donors (Lipinski definition) is 0. The highest BCUT2D eigenvalue weighted by atomic mass is 35.5. The van der Waals surface area contributed by atoms with Gasteiger partial charge in [-0.1, -0.05) is 35.3 Å². The van der Waals surface area contributed by atoms with E-state index in [1.165, 1.54) is 29.9 Å². The predicted molar refractivity (Wildman–Crippen MR) is 96.8 cm³/mol. The van der Waals surface area contributed by atoms with Gasteiger partial charge in [0.05, 0.1) is 34.7 Å². The van der Waals surface area contributed by atoms with Gasteiger partial charge in [0.1, 0.15) is 18.0 Å². The number of hydrogen-bond acceptors (Lipinski definition) is 3. The minimum absolute atomic E-state index is 0.165. The van der Waals surface area contributed by atoms with Crippen molar-refractivity contribution in [3.63, 3.8) is 0 Å². The van der Waals surface area contributed by atoms with Crippen molar-refractivity contribution < 1.29 is 22.7 Å². The standard InChI is InChI=1S/C18H13Cl2F3N2O2/c1-27-11-4-2-3-10(5-11)16(26)9-25-15-7-13(20)12(19)6-14(15)24-17(25)8-18(21,22)23/h2-7H,8-9H2,1H3. The Bertz CT molecular complexity index is 1020. The molecule has 0 saturated heterocycles. The van der Waals surface area contributed by atoms with E-state index in [4.69, 9.17) is 27.9 Å². The molecule has 2 aromatic carbocycles. The van der Waals surface area contributed by atoms with Crippen LogP contribution < -0.4 is 4.74 Å². The van der Waals surface area contributed by atoms with Crippen LogP contribution in [0.25, 0.3) is 11.0 Å². The average Bonchev–Trinajstić information content (AvgIpc) is 2.90. The lowest BCUT2D eigenvalue weighted by Gasteiger charge is -2.11. The Hall–Kier alpha value is -2.25. The van der Waals surface area contributed by atoms with Crippen molar-refractivity contribution in [1.82, 2.24) is 9.55 Å². The number of benzene rings is 2. The molecule has 0 N–H and O–H groups in total. The molecule has 4 nitrogen and oxygen atoms in total. The number of rotatable bonds is 5. The highest BCUT2D eigenvalue weighted by Crippen LogP contribution is 2.30. The first-order valence-electron chi connectivity index (χ1n) is 7.76. The highest BCUT2D eigenvalue weighted by Gasteiger charge is 2.31. The molecule has 0 saturated carbocycles. The number of Topliss-reactive ketones (excluding diaryl/α,β-unsaturated/α-hetero) is 1. The summed E-state index contributed by atoms with van der Waals surface area (Å²) >= 11 is 11.9. The van der Waals surface area contributed by atoms with E-state index < -0.39 is 12.6 Å². The fraction of sp³-hybridized carbons (Fsp3) is 0.222. The molecule has 1 aromatic heterocycles. The van der Waals surface area contributed by atoms with Gasteiger partial charge in [0, 0.05) is 5.56 Å². The van der Waals surface area contributed by atoms with Crippen LogP contribution in [0.4, 0.5) is 13.2 Å². The summed E-state index contributed by atoms with van der Waals surface area (Å²) < 4.78 is 45.2. The number of alkyl halides is 3. The summed E-state index contributed by atoms with van der Waals surface area (Å²) in [6.45, 7) is -0.326. The molecule has 0 atom stereocenters. The van der Waals surface area contributed by atoms with Gasteiger partial charge in [0.2, 0.25) is 0 Å². The minimum Gasteiger partial charge on any atom is -0.497 e. The number of halogens is 5. The number of nitrogens with zero attached hydrogens (tertiary/aromatic N) is 2. The number of methoxy groups -OCH3 is 1. The second-order valence-electron chi connectivity index (χ2n) is 5.82. The van der Waals surface area contributed by atoms with Crippen molar-refractivity contribution in [1.29, 1.82) is 0 Å². The fourth-order valence-electron chi connectivity index (χ4n) is 2.69. The van der Waals surface area contributed by atoms with Crippen LogP contribution in [0.5, 0.6) is 5.75 Å². The van der Waals surface area contributed by atoms with Crippen LogP contribution in [0, 0.1) is 0 Å². The Morgan fingerprint density at radius 1 is 1.19 bits per heavy atom. The smallest absolute Gasteiger partial charge is 0.396 e. The molecule has 0 fully saturated rings. The van der Waals surface area contributed by atoms with Crippen molar-refractivity contribution in [3.05, 3.63) is 57.8 Å². The Morgan fingerprint density at radius 3 is 2.56 bits per heavy atom. The molecule has 0 aliphatic rings. The topological polar surface area (TPSA) is 44.1 Å². The van der Waals surface area contributed by atoms with Crippen molar-refractivity contribution in [2.45, 2.75) is 19.1 Å². The molecule has 3 aromatic rings. The molecule has 0 aliphatic heterocycles. The normalized spacial score (nSPS) is 11.8. The zero-order valence-corrected chi connectivity index (χ0v) is 15.5. The molecule has 27 heavy (non-hydrogen) atoms. The Morgan fingerprint density at radius 2 is 1.89 bits per heavy atom. The maximum absolute atomic E-state index is 13.0. The molecule has 0 aliphatic carbocycles. The molecular weight excluding hydrogens is 404 g/mol. The van der Waals surface area contributed by atoms with E-state index in [1.807, 2.05) is 0 Å². The lowest BCUT2D eigenvalue weighted by atomic mass is 10.1. The Balaban J connectivity index is 2.06. The molecule has 0 bridgehead atoms. The van der Waals surface area contributed by atoms with Gasteiger partial charge in [-0.2, -0.15) is 13.2 Å². The molecule has 0 unspecified atom stereocenters. The molecule has 9 heteroatoms. The van der Waals surface area contributed by atoms with E-state index in [-0.39, 0.29) is 33.7 Å². The third-order valence-corrected chi connectivity index (χ3v) is 4.64. The summed E-state index contributed by atoms with van der Waals surface area (Å²) in [7, 11) is 1.46. The third-order valence-electron chi connectivity index (χ3n) is 3.92. The van der Waals surface area contributed by atoms with Crippen LogP contribution in [0.2, 0.25) is 10.0 Å². The summed E-state index contributed by atoms with van der Waals surface area (Å²) in [5.41, 5.74) is 0.858. The first-order valence-corrected chi connectivity index (χ1v) is 8.51. The van der Waals surface area contributed by atoms with Crippen LogP contribution in [0.3, 0.4) is 0 Å². The van der Waals surface area contributed by atoms with Gasteiger partial charge in [-0.05, 0) is 24.3 Å². The van der Waals surface area contributed by atoms with Crippen molar-refractivity contribution in [3.8, 4) is 5.75 Å². The summed E-state index contributed by atoms with van der Waals surface area (Å²) in [6.07, 6.45) is -5.76. The fourth-order valence-corrected chi connectivity index (χ4v) is 3.01. The van der Waals surface area contributed by atoms with Gasteiger partial charge in [0.15, 0.2) is 5.78 Å². The van der Waals surface area contributed by atoms with Gasteiger partial charge in [-0.15, -0.1) is 0 Å². The van der Waals surface area contributed by atoms with Gasteiger partial charge < -0.3 is 9.30 Å². The Labute approximate surface area is 162 Å². The van der Waals surface area contributed by atoms with Gasteiger partial charge in [-0.3, -0.25) is 4.79 Å². The number of aromatic nitrogens is 2. The van der Waals surface area contributed by atoms with E-state index in [2.05, 4.69) is 4.98 Å². The van der Waals surface area contributed by atoms with E-state index in [0.717, 1.165) is 0 Å². The minimum atomic E-state index is -4.48. The summed E-state index contributed by atoms with van der Waals surface area (Å²) in [4.78, 5) is 16.7. The predicted octanol–water partition coefficient (Wildman–Crippen LogP) is 5.34. The maximum atomic E-state index is 13.0. The molecule has 0 radical (unpaired) electrons. The van der Waals surface area contributed by atoms with Crippen LogP contribution >= 0.6 is 23.2 Å². The van der Waals surface area contributed by atoms with Gasteiger partial charge in [-0.25, -0.2) is 4.98 Å². The number of fused-ring (bicyclic) bond motifs is 1. The molecule has 0 spiro atoms. The van der Waals surface area contributed by atoms with E-state index in [0.29, 0.717) is 16.8 Å². The monoisotopic (exact) mass is 416 g/mol. The molecule has 0 amide bonds. The van der Waals surface area contributed by atoms with Gasteiger partial charge >= 0.3 is 6.18 Å².